The number of thioether (sulfide) groups is 1. The molecule has 0 saturated carbocycles. The van der Waals surface area contributed by atoms with Crippen LogP contribution in [0.5, 0.6) is 11.5 Å². The van der Waals surface area contributed by atoms with E-state index in [0.717, 1.165) is 34.9 Å². The number of anilines is 2. The lowest BCUT2D eigenvalue weighted by atomic mass is 10.2. The molecule has 2 heterocycles. The number of rotatable bonds is 7. The molecule has 18 heteroatoms. The first kappa shape index (κ1) is 32.3. The minimum atomic E-state index is -4.84. The number of carbonyl (C=O) groups is 2. The highest BCUT2D eigenvalue weighted by Crippen LogP contribution is 2.36. The molecule has 3 amide bonds. The Balaban J connectivity index is 1.30. The average Bonchev–Trinajstić information content (AvgIpc) is 3.59. The van der Waals surface area contributed by atoms with Gasteiger partial charge in [0.1, 0.15) is 23.6 Å². The van der Waals surface area contributed by atoms with Gasteiger partial charge in [0.2, 0.25) is 5.91 Å². The topological polar surface area (TPSA) is 111 Å². The number of halogens is 7. The smallest absolute Gasteiger partial charge is 0.482 e. The van der Waals surface area contributed by atoms with Crippen LogP contribution in [0, 0.1) is 12.7 Å². The summed E-state index contributed by atoms with van der Waals surface area (Å²) in [7, 11) is 0. The first-order valence-corrected chi connectivity index (χ1v) is 13.9. The Hall–Kier alpha value is -5.13. The summed E-state index contributed by atoms with van der Waals surface area (Å²) in [5.41, 5.74) is 0.811. The molecular formula is C28H19F7N6O4S. The molecule has 0 aliphatic carbocycles. The van der Waals surface area contributed by atoms with Gasteiger partial charge in [-0.05, 0) is 67.1 Å². The van der Waals surface area contributed by atoms with Crippen molar-refractivity contribution in [3.63, 3.8) is 0 Å². The molecule has 10 nitrogen and oxygen atoms in total. The van der Waals surface area contributed by atoms with Crippen molar-refractivity contribution in [2.45, 2.75) is 19.5 Å². The molecule has 0 unspecified atom stereocenters. The van der Waals surface area contributed by atoms with Crippen molar-refractivity contribution < 1.29 is 49.8 Å². The summed E-state index contributed by atoms with van der Waals surface area (Å²) in [6.07, 6.45) is -8.22. The van der Waals surface area contributed by atoms with Crippen LogP contribution in [0.4, 0.5) is 46.9 Å². The lowest BCUT2D eigenvalue weighted by Crippen LogP contribution is -2.31. The van der Waals surface area contributed by atoms with E-state index in [-0.39, 0.29) is 39.4 Å². The number of nitrogens with one attached hydrogen (secondary N) is 1. The quantitative estimate of drug-likeness (QED) is 0.214. The lowest BCUT2D eigenvalue weighted by Gasteiger charge is -2.21. The third-order valence-corrected chi connectivity index (χ3v) is 6.93. The summed E-state index contributed by atoms with van der Waals surface area (Å²) in [6, 6.07) is 11.5. The Morgan fingerprint density at radius 2 is 1.78 bits per heavy atom. The Kier molecular flexibility index (Phi) is 8.91. The van der Waals surface area contributed by atoms with Crippen LogP contribution in [0.2, 0.25) is 0 Å². The third-order valence-electron chi connectivity index (χ3n) is 6.00. The lowest BCUT2D eigenvalue weighted by molar-refractivity contribution is -0.274. The van der Waals surface area contributed by atoms with Crippen molar-refractivity contribution in [1.29, 1.82) is 0 Å². The van der Waals surface area contributed by atoms with Gasteiger partial charge in [0.05, 0.1) is 22.8 Å². The van der Waals surface area contributed by atoms with Crippen LogP contribution in [0.1, 0.15) is 5.56 Å². The number of aliphatic imine (C=N–C) groups is 1. The first-order chi connectivity index (χ1) is 21.6. The van der Waals surface area contributed by atoms with E-state index >= 15 is 0 Å². The molecule has 1 aromatic heterocycles. The Morgan fingerprint density at radius 1 is 1.04 bits per heavy atom. The number of alkyl halides is 6. The molecule has 3 aromatic carbocycles. The fraction of sp³-hybridized carbons (Fsp3) is 0.179. The van der Waals surface area contributed by atoms with Gasteiger partial charge >= 0.3 is 18.6 Å². The van der Waals surface area contributed by atoms with E-state index in [2.05, 4.69) is 25.1 Å². The van der Waals surface area contributed by atoms with Crippen molar-refractivity contribution in [3.05, 3.63) is 78.4 Å². The van der Waals surface area contributed by atoms with E-state index in [1.165, 1.54) is 53.5 Å². The van der Waals surface area contributed by atoms with Gasteiger partial charge in [-0.3, -0.25) is 9.69 Å². The summed E-state index contributed by atoms with van der Waals surface area (Å²) in [6.45, 7) is 0.0408. The Labute approximate surface area is 258 Å². The number of hydrogen-bond donors (Lipinski definition) is 1. The zero-order chi connectivity index (χ0) is 33.2. The van der Waals surface area contributed by atoms with Crippen molar-refractivity contribution >= 4 is 40.2 Å². The van der Waals surface area contributed by atoms with Crippen LogP contribution in [0.3, 0.4) is 0 Å². The van der Waals surface area contributed by atoms with Crippen LogP contribution in [-0.2, 0) is 4.79 Å². The molecule has 1 saturated heterocycles. The molecular weight excluding hydrogens is 649 g/mol. The van der Waals surface area contributed by atoms with Gasteiger partial charge < -0.3 is 14.8 Å². The normalized spacial score (nSPS) is 14.6. The molecule has 4 aromatic rings. The van der Waals surface area contributed by atoms with Crippen LogP contribution < -0.4 is 19.7 Å². The molecule has 0 radical (unpaired) electrons. The summed E-state index contributed by atoms with van der Waals surface area (Å²) >= 11 is 0.856. The summed E-state index contributed by atoms with van der Waals surface area (Å²) < 4.78 is 100. The maximum atomic E-state index is 15.0. The summed E-state index contributed by atoms with van der Waals surface area (Å²) in [5, 5.41) is 6.29. The number of nitrogens with zero attached hydrogens (tertiary/aromatic N) is 5. The van der Waals surface area contributed by atoms with Gasteiger partial charge in [0.25, 0.3) is 0 Å². The number of amides is 3. The van der Waals surface area contributed by atoms with Crippen molar-refractivity contribution in [2.75, 3.05) is 22.6 Å². The second kappa shape index (κ2) is 12.7. The van der Waals surface area contributed by atoms with Gasteiger partial charge in [0.15, 0.2) is 17.6 Å². The van der Waals surface area contributed by atoms with Crippen LogP contribution in [0.25, 0.3) is 17.1 Å². The van der Waals surface area contributed by atoms with E-state index in [0.29, 0.717) is 11.3 Å². The maximum absolute atomic E-state index is 15.0. The van der Waals surface area contributed by atoms with Gasteiger partial charge in [0, 0.05) is 5.56 Å². The third kappa shape index (κ3) is 7.92. The van der Waals surface area contributed by atoms with Crippen LogP contribution >= 0.6 is 11.8 Å². The monoisotopic (exact) mass is 668 g/mol. The fourth-order valence-electron chi connectivity index (χ4n) is 4.07. The molecule has 1 aliphatic rings. The molecule has 0 spiro atoms. The number of hydrogen-bond acceptors (Lipinski definition) is 7. The van der Waals surface area contributed by atoms with Gasteiger partial charge in [-0.2, -0.15) is 18.2 Å². The number of aromatic nitrogens is 3. The summed E-state index contributed by atoms with van der Waals surface area (Å²) in [4.78, 5) is 34.3. The van der Waals surface area contributed by atoms with Gasteiger partial charge in [-0.15, -0.1) is 18.3 Å². The molecule has 240 valence electrons. The number of aryl methyl sites for hydroxylation is 1. The van der Waals surface area contributed by atoms with Crippen LogP contribution in [0.15, 0.2) is 72.0 Å². The van der Waals surface area contributed by atoms with Gasteiger partial charge in [-0.25, -0.2) is 18.9 Å². The molecule has 5 rings (SSSR count). The second-order valence-corrected chi connectivity index (χ2v) is 10.4. The second-order valence-electron chi connectivity index (χ2n) is 9.47. The van der Waals surface area contributed by atoms with Crippen molar-refractivity contribution in [1.82, 2.24) is 14.8 Å². The summed E-state index contributed by atoms with van der Waals surface area (Å²) in [5.74, 6) is -2.24. The molecule has 1 aliphatic heterocycles. The number of benzene rings is 3. The minimum Gasteiger partial charge on any atom is -0.482 e. The zero-order valence-electron chi connectivity index (χ0n) is 23.2. The Bertz CT molecular complexity index is 1810. The molecule has 46 heavy (non-hydrogen) atoms. The highest BCUT2D eigenvalue weighted by Gasteiger charge is 2.35. The highest BCUT2D eigenvalue weighted by atomic mass is 32.2. The first-order valence-electron chi connectivity index (χ1n) is 12.9. The van der Waals surface area contributed by atoms with Crippen molar-refractivity contribution in [3.8, 4) is 28.6 Å². The largest absolute Gasteiger partial charge is 0.573 e. The molecule has 1 fully saturated rings. The highest BCUT2D eigenvalue weighted by molar-refractivity contribution is 8.15. The standard InChI is InChI=1S/C28H19F7N6O4S/c1-15-2-9-22(44-13-27(30,31)32)21(10-15)41-23(42)12-46-26(41)38-25(43)37-20-8-3-16(11-19(20)29)24-36-14-40(39-24)17-4-6-18(7-5-17)45-28(33,34)35/h2-11,14H,12-13H2,1H3,(H,37,43). The zero-order valence-corrected chi connectivity index (χ0v) is 24.0. The molecule has 0 atom stereocenters. The predicted molar refractivity (Wildman–Crippen MR) is 153 cm³/mol. The minimum absolute atomic E-state index is 0.0427. The van der Waals surface area contributed by atoms with Crippen LogP contribution in [-0.4, -0.2) is 56.8 Å². The van der Waals surface area contributed by atoms with E-state index < -0.39 is 42.7 Å². The van der Waals surface area contributed by atoms with Crippen molar-refractivity contribution in [2.24, 2.45) is 4.99 Å². The van der Waals surface area contributed by atoms with E-state index in [4.69, 9.17) is 4.74 Å². The Morgan fingerprint density at radius 3 is 2.46 bits per heavy atom. The number of urea groups is 1. The van der Waals surface area contributed by atoms with E-state index in [1.54, 1.807) is 6.92 Å². The fourth-order valence-corrected chi connectivity index (χ4v) is 4.93. The molecule has 1 N–H and O–H groups in total. The molecule has 0 bridgehead atoms. The number of carbonyl (C=O) groups excluding carboxylic acids is 2. The number of ether oxygens (including phenoxy) is 2. The number of amidine groups is 1. The van der Waals surface area contributed by atoms with E-state index in [1.807, 2.05) is 0 Å². The average molecular weight is 669 g/mol. The SMILES string of the molecule is Cc1ccc(OCC(F)(F)F)c(N2C(=O)CSC2=NC(=O)Nc2ccc(-c3ncn(-c4ccc(OC(F)(F)F)cc4)n3)cc2F)c1. The predicted octanol–water partition coefficient (Wildman–Crippen LogP) is 6.89. The van der Waals surface area contributed by atoms with Gasteiger partial charge in [-0.1, -0.05) is 17.8 Å². The van der Waals surface area contributed by atoms with E-state index in [9.17, 15) is 40.3 Å². The maximum Gasteiger partial charge on any atom is 0.573 e.